The molecule has 0 spiro atoms. The molecule has 1 saturated carbocycles. The number of rotatable bonds is 1. The summed E-state index contributed by atoms with van der Waals surface area (Å²) in [4.78, 5) is 4.82. The van der Waals surface area contributed by atoms with E-state index in [1.54, 1.807) is 6.07 Å². The summed E-state index contributed by atoms with van der Waals surface area (Å²) >= 11 is 0. The number of aromatic nitrogens is 1. The first-order valence-corrected chi connectivity index (χ1v) is 7.34. The van der Waals surface area contributed by atoms with E-state index in [9.17, 15) is 4.39 Å². The molecule has 0 unspecified atom stereocenters. The number of benzene rings is 1. The van der Waals surface area contributed by atoms with E-state index in [2.05, 4.69) is 19.9 Å². The molecule has 2 aliphatic carbocycles. The van der Waals surface area contributed by atoms with E-state index in [4.69, 9.17) is 4.98 Å². The summed E-state index contributed by atoms with van der Waals surface area (Å²) in [6, 6.07) is 11.0. The molecular weight excluding hydrogens is 249 g/mol. The van der Waals surface area contributed by atoms with E-state index in [1.807, 2.05) is 18.2 Å². The summed E-state index contributed by atoms with van der Waals surface area (Å²) in [7, 11) is 0. The van der Waals surface area contributed by atoms with Gasteiger partial charge in [0, 0.05) is 17.2 Å². The van der Waals surface area contributed by atoms with Gasteiger partial charge in [0.15, 0.2) is 0 Å². The number of halogens is 1. The van der Waals surface area contributed by atoms with Crippen molar-refractivity contribution in [3.05, 3.63) is 53.5 Å². The van der Waals surface area contributed by atoms with Gasteiger partial charge in [0.1, 0.15) is 5.82 Å². The molecule has 2 heteroatoms. The summed E-state index contributed by atoms with van der Waals surface area (Å²) in [6.45, 7) is 4.66. The second-order valence-electron chi connectivity index (χ2n) is 6.66. The zero-order valence-electron chi connectivity index (χ0n) is 11.9. The van der Waals surface area contributed by atoms with E-state index >= 15 is 0 Å². The molecule has 1 aromatic carbocycles. The van der Waals surface area contributed by atoms with Gasteiger partial charge in [-0.2, -0.15) is 0 Å². The molecule has 0 radical (unpaired) electrons. The Morgan fingerprint density at radius 3 is 2.75 bits per heavy atom. The van der Waals surface area contributed by atoms with Crippen LogP contribution in [0, 0.1) is 17.2 Å². The number of hydrogen-bond acceptors (Lipinski definition) is 1. The fraction of sp³-hybridized carbons (Fsp3) is 0.389. The molecule has 2 aliphatic rings. The van der Waals surface area contributed by atoms with Gasteiger partial charge in [-0.3, -0.25) is 4.98 Å². The summed E-state index contributed by atoms with van der Waals surface area (Å²) in [6.07, 6.45) is 2.38. The van der Waals surface area contributed by atoms with Crippen molar-refractivity contribution in [2.24, 2.45) is 11.3 Å². The second-order valence-corrected chi connectivity index (χ2v) is 6.66. The fourth-order valence-electron chi connectivity index (χ4n) is 3.94. The maximum atomic E-state index is 13.9. The Bertz CT molecular complexity index is 690. The summed E-state index contributed by atoms with van der Waals surface area (Å²) in [5, 5.41) is 0. The summed E-state index contributed by atoms with van der Waals surface area (Å²) < 4.78 is 13.9. The monoisotopic (exact) mass is 267 g/mol. The molecule has 1 aromatic heterocycles. The van der Waals surface area contributed by atoms with Crippen LogP contribution in [-0.2, 0) is 6.42 Å². The number of aryl methyl sites for hydroxylation is 1. The maximum absolute atomic E-state index is 13.9. The lowest BCUT2D eigenvalue weighted by Crippen LogP contribution is -2.05. The Balaban J connectivity index is 1.82. The highest BCUT2D eigenvalue weighted by atomic mass is 19.1. The van der Waals surface area contributed by atoms with E-state index in [0.29, 0.717) is 16.9 Å². The average molecular weight is 267 g/mol. The largest absolute Gasteiger partial charge is 0.252 e. The first kappa shape index (κ1) is 12.1. The normalized spacial score (nSPS) is 25.8. The fourth-order valence-corrected chi connectivity index (χ4v) is 3.94. The Labute approximate surface area is 118 Å². The van der Waals surface area contributed by atoms with E-state index < -0.39 is 0 Å². The number of nitrogens with zero attached hydrogens (tertiary/aromatic N) is 1. The molecule has 2 aromatic rings. The average Bonchev–Trinajstić information content (AvgIpc) is 3.02. The Kier molecular flexibility index (Phi) is 2.36. The predicted molar refractivity (Wildman–Crippen MR) is 78.0 cm³/mol. The van der Waals surface area contributed by atoms with Gasteiger partial charge in [0.25, 0.3) is 0 Å². The lowest BCUT2D eigenvalue weighted by Gasteiger charge is -2.15. The van der Waals surface area contributed by atoms with Crippen molar-refractivity contribution in [3.8, 4) is 11.3 Å². The zero-order chi connectivity index (χ0) is 13.9. The molecule has 0 N–H and O–H groups in total. The van der Waals surface area contributed by atoms with Crippen LogP contribution in [0.1, 0.15) is 37.4 Å². The molecule has 0 saturated heterocycles. The van der Waals surface area contributed by atoms with Crippen LogP contribution in [0.2, 0.25) is 0 Å². The van der Waals surface area contributed by atoms with Crippen LogP contribution >= 0.6 is 0 Å². The molecule has 4 rings (SSSR count). The molecule has 20 heavy (non-hydrogen) atoms. The number of pyridine rings is 1. The Morgan fingerprint density at radius 1 is 1.15 bits per heavy atom. The van der Waals surface area contributed by atoms with Crippen molar-refractivity contribution in [2.75, 3.05) is 0 Å². The molecule has 0 bridgehead atoms. The maximum Gasteiger partial charge on any atom is 0.132 e. The zero-order valence-corrected chi connectivity index (χ0v) is 11.9. The molecule has 0 amide bonds. The van der Waals surface area contributed by atoms with Crippen LogP contribution in [0.25, 0.3) is 11.3 Å². The summed E-state index contributed by atoms with van der Waals surface area (Å²) in [5.74, 6) is 1.14. The minimum Gasteiger partial charge on any atom is -0.252 e. The van der Waals surface area contributed by atoms with Crippen molar-refractivity contribution in [2.45, 2.75) is 32.6 Å². The van der Waals surface area contributed by atoms with Crippen LogP contribution in [0.5, 0.6) is 0 Å². The van der Waals surface area contributed by atoms with Gasteiger partial charge in [-0.1, -0.05) is 32.0 Å². The van der Waals surface area contributed by atoms with Gasteiger partial charge >= 0.3 is 0 Å². The van der Waals surface area contributed by atoms with Crippen LogP contribution in [0.15, 0.2) is 36.4 Å². The molecule has 102 valence electrons. The van der Waals surface area contributed by atoms with Crippen LogP contribution in [0.4, 0.5) is 4.39 Å². The van der Waals surface area contributed by atoms with Crippen LogP contribution in [-0.4, -0.2) is 4.98 Å². The molecule has 1 heterocycles. The van der Waals surface area contributed by atoms with Crippen molar-refractivity contribution in [1.29, 1.82) is 0 Å². The SMILES string of the molecule is CC1(C)[C@@H]2CCc3ccc(-c4ccccc4F)nc3[C@@H]21. The molecule has 1 fully saturated rings. The highest BCUT2D eigenvalue weighted by Crippen LogP contribution is 2.68. The highest BCUT2D eigenvalue weighted by Gasteiger charge is 2.60. The topological polar surface area (TPSA) is 12.9 Å². The minimum absolute atomic E-state index is 0.192. The third-order valence-electron chi connectivity index (χ3n) is 5.23. The van der Waals surface area contributed by atoms with Gasteiger partial charge in [-0.25, -0.2) is 4.39 Å². The van der Waals surface area contributed by atoms with Crippen LogP contribution in [0.3, 0.4) is 0 Å². The van der Waals surface area contributed by atoms with E-state index in [0.717, 1.165) is 18.0 Å². The van der Waals surface area contributed by atoms with Gasteiger partial charge < -0.3 is 0 Å². The molecule has 2 atom stereocenters. The van der Waals surface area contributed by atoms with Gasteiger partial charge in [-0.05, 0) is 47.9 Å². The van der Waals surface area contributed by atoms with Crippen LogP contribution < -0.4 is 0 Å². The first-order valence-electron chi connectivity index (χ1n) is 7.34. The standard InChI is InChI=1S/C18H18FN/c1-18(2)13-9-7-11-8-10-15(20-17(11)16(13)18)12-5-3-4-6-14(12)19/h3-6,8,10,13,16H,7,9H2,1-2H3/t13-,16-/m1/s1. The number of hydrogen-bond donors (Lipinski definition) is 0. The number of fused-ring (bicyclic) bond motifs is 3. The third-order valence-corrected chi connectivity index (χ3v) is 5.23. The second kappa shape index (κ2) is 3.91. The van der Waals surface area contributed by atoms with Crippen molar-refractivity contribution >= 4 is 0 Å². The lowest BCUT2D eigenvalue weighted by atomic mass is 9.95. The van der Waals surface area contributed by atoms with Gasteiger partial charge in [0.05, 0.1) is 5.69 Å². The van der Waals surface area contributed by atoms with Crippen molar-refractivity contribution < 1.29 is 4.39 Å². The minimum atomic E-state index is -0.192. The Hall–Kier alpha value is -1.70. The quantitative estimate of drug-likeness (QED) is 0.737. The third kappa shape index (κ3) is 1.57. The van der Waals surface area contributed by atoms with E-state index in [1.165, 1.54) is 23.7 Å². The van der Waals surface area contributed by atoms with Gasteiger partial charge in [0.2, 0.25) is 0 Å². The molecule has 0 aliphatic heterocycles. The van der Waals surface area contributed by atoms with Crippen molar-refractivity contribution in [1.82, 2.24) is 4.98 Å². The van der Waals surface area contributed by atoms with Gasteiger partial charge in [-0.15, -0.1) is 0 Å². The van der Waals surface area contributed by atoms with Crippen molar-refractivity contribution in [3.63, 3.8) is 0 Å². The Morgan fingerprint density at radius 2 is 1.95 bits per heavy atom. The predicted octanol–water partition coefficient (Wildman–Crippen LogP) is 4.57. The highest BCUT2D eigenvalue weighted by molar-refractivity contribution is 5.61. The molecule has 1 nitrogen and oxygen atoms in total. The lowest BCUT2D eigenvalue weighted by molar-refractivity contribution is 0.535. The molecular formula is C18H18FN. The smallest absolute Gasteiger partial charge is 0.132 e. The first-order chi connectivity index (χ1) is 9.59. The van der Waals surface area contributed by atoms with E-state index in [-0.39, 0.29) is 5.82 Å². The summed E-state index contributed by atoms with van der Waals surface area (Å²) in [5.41, 5.74) is 4.32.